The van der Waals surface area contributed by atoms with Gasteiger partial charge < -0.3 is 5.32 Å². The van der Waals surface area contributed by atoms with E-state index in [4.69, 9.17) is 0 Å². The molecule has 26 heavy (non-hydrogen) atoms. The third-order valence-corrected chi connectivity index (χ3v) is 5.15. The van der Waals surface area contributed by atoms with Crippen LogP contribution in [0.3, 0.4) is 0 Å². The number of hydrogen-bond donors (Lipinski definition) is 1. The van der Waals surface area contributed by atoms with Gasteiger partial charge >= 0.3 is 0 Å². The summed E-state index contributed by atoms with van der Waals surface area (Å²) < 4.78 is 0. The molecule has 0 aliphatic heterocycles. The van der Waals surface area contributed by atoms with Crippen LogP contribution in [0, 0.1) is 20.8 Å². The smallest absolute Gasteiger partial charge is 0.224 e. The number of benzene rings is 1. The van der Waals surface area contributed by atoms with Crippen LogP contribution in [0.4, 0.5) is 5.69 Å². The number of nitrogens with zero attached hydrogens (tertiary/aromatic N) is 2. The quantitative estimate of drug-likeness (QED) is 0.441. The third kappa shape index (κ3) is 5.14. The molecule has 0 unspecified atom stereocenters. The zero-order valence-electron chi connectivity index (χ0n) is 15.9. The number of aryl methyl sites for hydroxylation is 2. The number of rotatable bonds is 7. The van der Waals surface area contributed by atoms with Crippen molar-refractivity contribution in [2.45, 2.75) is 57.9 Å². The molecule has 0 spiro atoms. The van der Waals surface area contributed by atoms with E-state index in [0.717, 1.165) is 23.4 Å². The number of ketones is 1. The molecule has 0 saturated heterocycles. The molecule has 0 aliphatic carbocycles. The Bertz CT molecular complexity index is 780. The number of carbonyl (C=O) groups excluding carboxylic acids is 2. The van der Waals surface area contributed by atoms with E-state index < -0.39 is 0 Å². The lowest BCUT2D eigenvalue weighted by atomic mass is 10.1. The molecular formula is C20H25N3O2S. The zero-order valence-corrected chi connectivity index (χ0v) is 16.7. The third-order valence-electron chi connectivity index (χ3n) is 4.19. The first kappa shape index (κ1) is 20.1. The summed E-state index contributed by atoms with van der Waals surface area (Å²) >= 11 is 1.36. The normalized spacial score (nSPS) is 11.9. The molecule has 1 heterocycles. The van der Waals surface area contributed by atoms with Crippen molar-refractivity contribution in [3.63, 3.8) is 0 Å². The van der Waals surface area contributed by atoms with Crippen LogP contribution in [-0.2, 0) is 4.79 Å². The summed E-state index contributed by atoms with van der Waals surface area (Å²) in [4.78, 5) is 33.2. The molecule has 0 aliphatic rings. The molecule has 2 aromatic rings. The van der Waals surface area contributed by atoms with E-state index in [-0.39, 0.29) is 16.9 Å². The van der Waals surface area contributed by atoms with Gasteiger partial charge in [0.25, 0.3) is 0 Å². The summed E-state index contributed by atoms with van der Waals surface area (Å²) in [6.45, 7) is 9.71. The van der Waals surface area contributed by atoms with Crippen molar-refractivity contribution in [2.24, 2.45) is 0 Å². The summed E-state index contributed by atoms with van der Waals surface area (Å²) in [7, 11) is 0. The molecule has 6 heteroatoms. The SMILES string of the molecule is CCCC(=O)Nc1ccc(C(=O)[C@@H](C)Sc2nc(C)c(C)c(C)n2)cc1. The fourth-order valence-electron chi connectivity index (χ4n) is 2.41. The van der Waals surface area contributed by atoms with E-state index in [1.165, 1.54) is 11.8 Å². The van der Waals surface area contributed by atoms with Gasteiger partial charge in [-0.15, -0.1) is 0 Å². The largest absolute Gasteiger partial charge is 0.326 e. The minimum absolute atomic E-state index is 0.0147. The number of aromatic nitrogens is 2. The van der Waals surface area contributed by atoms with Gasteiger partial charge in [-0.2, -0.15) is 0 Å². The molecule has 1 amide bonds. The van der Waals surface area contributed by atoms with Gasteiger partial charge in [0.15, 0.2) is 10.9 Å². The Hall–Kier alpha value is -2.21. The minimum Gasteiger partial charge on any atom is -0.326 e. The van der Waals surface area contributed by atoms with Gasteiger partial charge in [-0.1, -0.05) is 18.7 Å². The van der Waals surface area contributed by atoms with Crippen LogP contribution >= 0.6 is 11.8 Å². The molecule has 1 atom stereocenters. The van der Waals surface area contributed by atoms with Gasteiger partial charge in [-0.05, 0) is 63.9 Å². The lowest BCUT2D eigenvalue weighted by Gasteiger charge is -2.12. The second-order valence-electron chi connectivity index (χ2n) is 6.30. The molecule has 1 aromatic heterocycles. The maximum atomic E-state index is 12.7. The van der Waals surface area contributed by atoms with Crippen LogP contribution in [0.2, 0.25) is 0 Å². The Kier molecular flexibility index (Phi) is 6.91. The lowest BCUT2D eigenvalue weighted by Crippen LogP contribution is -2.15. The first-order chi connectivity index (χ1) is 12.3. The molecule has 2 rings (SSSR count). The Balaban J connectivity index is 2.05. The molecule has 0 bridgehead atoms. The predicted octanol–water partition coefficient (Wildman–Crippen LogP) is 4.50. The molecule has 138 valence electrons. The molecule has 0 fully saturated rings. The standard InChI is InChI=1S/C20H25N3O2S/c1-6-7-18(24)23-17-10-8-16(9-11-17)19(25)15(5)26-20-21-13(3)12(2)14(4)22-20/h8-11,15H,6-7H2,1-5H3,(H,23,24)/t15-/m1/s1. The van der Waals surface area contributed by atoms with Crippen LogP contribution in [0.5, 0.6) is 0 Å². The van der Waals surface area contributed by atoms with E-state index in [9.17, 15) is 9.59 Å². The summed E-state index contributed by atoms with van der Waals surface area (Å²) in [5.74, 6) is -0.00123. The van der Waals surface area contributed by atoms with Crippen LogP contribution in [0.15, 0.2) is 29.4 Å². The second kappa shape index (κ2) is 8.94. The fraction of sp³-hybridized carbons (Fsp3) is 0.400. The van der Waals surface area contributed by atoms with Crippen molar-refractivity contribution in [3.05, 3.63) is 46.8 Å². The first-order valence-electron chi connectivity index (χ1n) is 8.74. The Morgan fingerprint density at radius 1 is 1.08 bits per heavy atom. The molecule has 1 aromatic carbocycles. The first-order valence-corrected chi connectivity index (χ1v) is 9.62. The van der Waals surface area contributed by atoms with E-state index in [1.54, 1.807) is 24.3 Å². The Morgan fingerprint density at radius 3 is 2.19 bits per heavy atom. The van der Waals surface area contributed by atoms with Crippen LogP contribution < -0.4 is 5.32 Å². The number of hydrogen-bond acceptors (Lipinski definition) is 5. The van der Waals surface area contributed by atoms with Crippen LogP contribution in [-0.4, -0.2) is 26.9 Å². The Labute approximate surface area is 159 Å². The van der Waals surface area contributed by atoms with Gasteiger partial charge in [0.05, 0.1) is 5.25 Å². The molecule has 1 N–H and O–H groups in total. The summed E-state index contributed by atoms with van der Waals surface area (Å²) in [5, 5.41) is 3.15. The Morgan fingerprint density at radius 2 is 1.65 bits per heavy atom. The predicted molar refractivity (Wildman–Crippen MR) is 106 cm³/mol. The van der Waals surface area contributed by atoms with Gasteiger partial charge in [0.1, 0.15) is 0 Å². The van der Waals surface area contributed by atoms with Gasteiger partial charge in [-0.3, -0.25) is 9.59 Å². The van der Waals surface area contributed by atoms with Crippen molar-refractivity contribution in [3.8, 4) is 0 Å². The maximum absolute atomic E-state index is 12.7. The van der Waals surface area contributed by atoms with Gasteiger partial charge in [-0.25, -0.2) is 9.97 Å². The number of Topliss-reactive ketones (excluding diaryl/α,β-unsaturated/α-hetero) is 1. The number of anilines is 1. The highest BCUT2D eigenvalue weighted by Crippen LogP contribution is 2.25. The topological polar surface area (TPSA) is 72.0 Å². The van der Waals surface area contributed by atoms with E-state index in [0.29, 0.717) is 22.8 Å². The van der Waals surface area contributed by atoms with E-state index in [2.05, 4.69) is 15.3 Å². The highest BCUT2D eigenvalue weighted by molar-refractivity contribution is 8.00. The monoisotopic (exact) mass is 371 g/mol. The number of amides is 1. The van der Waals surface area contributed by atoms with Crippen molar-refractivity contribution in [1.29, 1.82) is 0 Å². The highest BCUT2D eigenvalue weighted by atomic mass is 32.2. The van der Waals surface area contributed by atoms with Gasteiger partial charge in [0.2, 0.25) is 5.91 Å². The second-order valence-corrected chi connectivity index (χ2v) is 7.61. The van der Waals surface area contributed by atoms with Crippen LogP contribution in [0.25, 0.3) is 0 Å². The zero-order chi connectivity index (χ0) is 19.3. The maximum Gasteiger partial charge on any atom is 0.224 e. The summed E-state index contributed by atoms with van der Waals surface area (Å²) in [6.07, 6.45) is 1.29. The molecule has 0 saturated carbocycles. The van der Waals surface area contributed by atoms with Gasteiger partial charge in [0, 0.05) is 29.1 Å². The number of carbonyl (C=O) groups is 2. The summed E-state index contributed by atoms with van der Waals surface area (Å²) in [6, 6.07) is 7.00. The lowest BCUT2D eigenvalue weighted by molar-refractivity contribution is -0.116. The summed E-state index contributed by atoms with van der Waals surface area (Å²) in [5.41, 5.74) is 4.26. The van der Waals surface area contributed by atoms with Crippen LogP contribution in [0.1, 0.15) is 54.0 Å². The molecular weight excluding hydrogens is 346 g/mol. The molecule has 5 nitrogen and oxygen atoms in total. The highest BCUT2D eigenvalue weighted by Gasteiger charge is 2.19. The minimum atomic E-state index is -0.294. The van der Waals surface area contributed by atoms with Crippen molar-refractivity contribution in [2.75, 3.05) is 5.32 Å². The average Bonchev–Trinajstić information content (AvgIpc) is 2.59. The van der Waals surface area contributed by atoms with Crippen molar-refractivity contribution >= 4 is 29.1 Å². The van der Waals surface area contributed by atoms with E-state index in [1.807, 2.05) is 34.6 Å². The fourth-order valence-corrected chi connectivity index (χ4v) is 3.35. The van der Waals surface area contributed by atoms with Crippen molar-refractivity contribution in [1.82, 2.24) is 9.97 Å². The average molecular weight is 372 g/mol. The number of nitrogens with one attached hydrogen (secondary N) is 1. The molecule has 0 radical (unpaired) electrons. The number of thioether (sulfide) groups is 1. The van der Waals surface area contributed by atoms with E-state index >= 15 is 0 Å². The van der Waals surface area contributed by atoms with Crippen molar-refractivity contribution < 1.29 is 9.59 Å².